The minimum absolute atomic E-state index is 0.00278. The summed E-state index contributed by atoms with van der Waals surface area (Å²) >= 11 is 0. The molecule has 0 saturated heterocycles. The van der Waals surface area contributed by atoms with Crippen LogP contribution in [0.15, 0.2) is 188 Å². The van der Waals surface area contributed by atoms with Crippen LogP contribution in [0.4, 0.5) is 9.59 Å². The molecule has 0 aromatic heterocycles. The number of carbonyl (C=O) groups is 10. The lowest BCUT2D eigenvalue weighted by atomic mass is 9.96. The van der Waals surface area contributed by atoms with E-state index in [2.05, 4.69) is 106 Å². The average molecular weight is 1520 g/mol. The molecule has 0 aliphatic heterocycles. The molecule has 5 amide bonds. The van der Waals surface area contributed by atoms with Crippen molar-refractivity contribution in [1.82, 2.24) is 26.6 Å². The van der Waals surface area contributed by atoms with Crippen LogP contribution in [-0.4, -0.2) is 128 Å². The van der Waals surface area contributed by atoms with Crippen molar-refractivity contribution < 1.29 is 62.2 Å². The van der Waals surface area contributed by atoms with Crippen LogP contribution in [-0.2, 0) is 52.6 Å². The van der Waals surface area contributed by atoms with Crippen LogP contribution in [0.25, 0.3) is 22.3 Å². The maximum Gasteiger partial charge on any atom is 0.407 e. The number of fused-ring (bicyclic) bond motifs is 6. The summed E-state index contributed by atoms with van der Waals surface area (Å²) in [6.45, 7) is 5.05. The summed E-state index contributed by atoms with van der Waals surface area (Å²) < 4.78 is 16.8. The highest BCUT2D eigenvalue weighted by Gasteiger charge is 2.45. The minimum atomic E-state index is -2.03. The number of esters is 1. The zero-order valence-corrected chi connectivity index (χ0v) is 64.8. The molecule has 0 spiro atoms. The molecule has 7 aromatic carbocycles. The van der Waals surface area contributed by atoms with Crippen LogP contribution in [0.2, 0.25) is 0 Å². The van der Waals surface area contributed by atoms with Gasteiger partial charge in [0.25, 0.3) is 0 Å². The van der Waals surface area contributed by atoms with Crippen LogP contribution in [0.3, 0.4) is 0 Å². The molecule has 4 atom stereocenters. The van der Waals surface area contributed by atoms with Gasteiger partial charge in [0.1, 0.15) is 60.5 Å². The Kier molecular flexibility index (Phi) is 33.5. The van der Waals surface area contributed by atoms with Gasteiger partial charge in [-0.1, -0.05) is 219 Å². The number of hydrogen-bond acceptors (Lipinski definition) is 15. The molecule has 0 fully saturated rings. The SMILES string of the molecule is CCCCCCCCC(=O)[C@H](CCC(=O)C[C@@H](CSSC[C@H](NC(=O)CC[C@H](NC(=O)OCC1c2ccccc2-c2ccccc21)C(=O)NCCCCCC[P+](c1ccccc1)(c1ccccc1)c1ccccc1)C(=O)CCC(C)=O)C(=O)NCC(=O)OCC)NC(=O)OCC1c2ccccc2-c2ccccc21. The van der Waals surface area contributed by atoms with E-state index in [1.165, 1.54) is 22.8 Å². The molecule has 7 aromatic rings. The van der Waals surface area contributed by atoms with E-state index in [4.69, 9.17) is 14.2 Å². The second-order valence-corrected chi connectivity index (χ2v) is 33.8. The van der Waals surface area contributed by atoms with Crippen molar-refractivity contribution in [3.05, 3.63) is 210 Å². The Hall–Kier alpha value is -9.23. The maximum absolute atomic E-state index is 14.3. The number of carbonyl (C=O) groups excluding carboxylic acids is 10. The Morgan fingerprint density at radius 3 is 1.40 bits per heavy atom. The third-order valence-corrected chi connectivity index (χ3v) is 27.0. The van der Waals surface area contributed by atoms with Crippen molar-refractivity contribution in [2.75, 3.05) is 50.6 Å². The fraction of sp³-hybridized carbons (Fsp3) is 0.402. The van der Waals surface area contributed by atoms with E-state index in [1.54, 1.807) is 6.92 Å². The first kappa shape index (κ1) is 82.8. The third kappa shape index (κ3) is 24.1. The first-order valence-corrected chi connectivity index (χ1v) is 42.6. The van der Waals surface area contributed by atoms with Gasteiger partial charge >= 0.3 is 18.2 Å². The van der Waals surface area contributed by atoms with Crippen LogP contribution in [0.5, 0.6) is 0 Å². The van der Waals surface area contributed by atoms with Gasteiger partial charge in [-0.3, -0.25) is 33.6 Å². The summed E-state index contributed by atoms with van der Waals surface area (Å²) in [5, 5.41) is 17.9. The molecule has 2 aliphatic rings. The van der Waals surface area contributed by atoms with Gasteiger partial charge in [-0.15, -0.1) is 0 Å². The molecule has 0 saturated carbocycles. The Labute approximate surface area is 644 Å². The largest absolute Gasteiger partial charge is 0.465 e. The smallest absolute Gasteiger partial charge is 0.407 e. The normalized spacial score (nSPS) is 13.2. The quantitative estimate of drug-likeness (QED) is 0.00781. The van der Waals surface area contributed by atoms with Gasteiger partial charge in [0.15, 0.2) is 11.6 Å². The molecule has 2 aliphatic carbocycles. The minimum Gasteiger partial charge on any atom is -0.465 e. The first-order valence-electron chi connectivity index (χ1n) is 38.2. The topological polar surface area (TPSA) is 259 Å². The number of amides is 5. The average Bonchev–Trinajstić information content (AvgIpc) is 1.59. The highest BCUT2D eigenvalue weighted by atomic mass is 33.1. The zero-order chi connectivity index (χ0) is 76.5. The molecule has 570 valence electrons. The van der Waals surface area contributed by atoms with Gasteiger partial charge in [0, 0.05) is 68.4 Å². The predicted molar refractivity (Wildman–Crippen MR) is 431 cm³/mol. The van der Waals surface area contributed by atoms with E-state index in [1.807, 2.05) is 115 Å². The fourth-order valence-electron chi connectivity index (χ4n) is 14.3. The Morgan fingerprint density at radius 2 is 0.880 bits per heavy atom. The third-order valence-electron chi connectivity index (χ3n) is 20.0. The van der Waals surface area contributed by atoms with Crippen molar-refractivity contribution in [3.8, 4) is 22.3 Å². The van der Waals surface area contributed by atoms with E-state index < -0.39 is 79.5 Å². The van der Waals surface area contributed by atoms with Crippen LogP contribution in [0.1, 0.15) is 170 Å². The van der Waals surface area contributed by atoms with E-state index in [0.29, 0.717) is 19.4 Å². The van der Waals surface area contributed by atoms with E-state index in [9.17, 15) is 47.9 Å². The lowest BCUT2D eigenvalue weighted by Gasteiger charge is -2.27. The van der Waals surface area contributed by atoms with E-state index in [-0.39, 0.29) is 112 Å². The number of Topliss-reactive ketones (excluding diaryl/α,β-unsaturated/α-hetero) is 4. The first-order chi connectivity index (χ1) is 52.6. The number of ether oxygens (including phenoxy) is 3. The van der Waals surface area contributed by atoms with Crippen LogP contribution < -0.4 is 42.5 Å². The number of unbranched alkanes of at least 4 members (excludes halogenated alkanes) is 8. The van der Waals surface area contributed by atoms with Crippen molar-refractivity contribution in [2.45, 2.75) is 166 Å². The lowest BCUT2D eigenvalue weighted by molar-refractivity contribution is -0.143. The summed E-state index contributed by atoms with van der Waals surface area (Å²) in [5.74, 6) is -5.22. The van der Waals surface area contributed by atoms with Crippen molar-refractivity contribution >= 4 is 104 Å². The van der Waals surface area contributed by atoms with E-state index >= 15 is 0 Å². The molecular formula is C87H103N5O13PS2+. The highest BCUT2D eigenvalue weighted by Crippen LogP contribution is 2.56. The lowest BCUT2D eigenvalue weighted by Crippen LogP contribution is -2.48. The number of benzene rings is 7. The number of alkyl carbamates (subject to hydrolysis) is 2. The van der Waals surface area contributed by atoms with E-state index in [0.717, 1.165) is 124 Å². The molecule has 21 heteroatoms. The summed E-state index contributed by atoms with van der Waals surface area (Å²) in [6.07, 6.45) is 7.17. The van der Waals surface area contributed by atoms with Crippen molar-refractivity contribution in [2.24, 2.45) is 5.92 Å². The molecule has 108 heavy (non-hydrogen) atoms. The van der Waals surface area contributed by atoms with Crippen molar-refractivity contribution in [3.63, 3.8) is 0 Å². The van der Waals surface area contributed by atoms with Gasteiger partial charge in [0.2, 0.25) is 17.7 Å². The fourth-order valence-corrected chi connectivity index (χ4v) is 21.3. The Balaban J connectivity index is 0.821. The number of rotatable bonds is 47. The molecule has 5 N–H and O–H groups in total. The molecule has 0 heterocycles. The van der Waals surface area contributed by atoms with Gasteiger partial charge in [0.05, 0.1) is 30.8 Å². The monoisotopic (exact) mass is 1520 g/mol. The van der Waals surface area contributed by atoms with Gasteiger partial charge < -0.3 is 45.6 Å². The van der Waals surface area contributed by atoms with Crippen LogP contribution in [0, 0.1) is 5.92 Å². The van der Waals surface area contributed by atoms with Gasteiger partial charge in [-0.2, -0.15) is 0 Å². The summed E-state index contributed by atoms with van der Waals surface area (Å²) in [5.41, 5.74) is 8.29. The van der Waals surface area contributed by atoms with Gasteiger partial charge in [-0.25, -0.2) is 9.59 Å². The molecule has 0 bridgehead atoms. The van der Waals surface area contributed by atoms with Crippen molar-refractivity contribution in [1.29, 1.82) is 0 Å². The number of ketones is 4. The summed E-state index contributed by atoms with van der Waals surface area (Å²) in [6, 6.07) is 60.6. The second kappa shape index (κ2) is 43.7. The molecular weight excluding hydrogens is 1420 g/mol. The highest BCUT2D eigenvalue weighted by molar-refractivity contribution is 8.76. The van der Waals surface area contributed by atoms with Gasteiger partial charge in [-0.05, 0) is 133 Å². The second-order valence-electron chi connectivity index (χ2n) is 27.7. The van der Waals surface area contributed by atoms with Crippen LogP contribution >= 0.6 is 28.9 Å². The summed E-state index contributed by atoms with van der Waals surface area (Å²) in [7, 11) is 0.276. The number of nitrogens with one attached hydrogen (secondary N) is 5. The molecule has 18 nitrogen and oxygen atoms in total. The zero-order valence-electron chi connectivity index (χ0n) is 62.3. The maximum atomic E-state index is 14.3. The standard InChI is InChI=1S/C87H102N5O13PS2/c1-4-6-7-8-9-21-46-80(95)77(91-86(101)104-57-75-71-42-26-22-38-67(71)68-39-23-27-43-72(68)75)49-48-63(94)55-62(84(99)89-56-83(98)103-5-2)59-107-108-60-79(81(96)51-47-61(3)93)90-82(97)52-50-78(92-87(102)105-58-76-73-44-28-24-40-69(73)70-41-25-29-45-74(70)76)85(100)88-53-30-10-11-31-54-106(64-32-15-12-16-33-64,65-34-17-13-18-35-65)66-36-19-14-20-37-66/h12-20,22-29,32-45,62,75-79H,4-11,21,30-31,46-60H2,1-3H3,(H4-,88,89,90,91,92,97,99,100,101,102)/p+1/t62-,77-,78-,79-/m0/s1. The molecule has 0 radical (unpaired) electrons. The summed E-state index contributed by atoms with van der Waals surface area (Å²) in [4.78, 5) is 137. The predicted octanol–water partition coefficient (Wildman–Crippen LogP) is 14.4. The Morgan fingerprint density at radius 1 is 0.426 bits per heavy atom. The molecule has 9 rings (SSSR count). The number of hydrogen-bond donors (Lipinski definition) is 5. The Bertz CT molecular complexity index is 3960. The molecule has 0 unspecified atom stereocenters.